The van der Waals surface area contributed by atoms with Gasteiger partial charge in [0.2, 0.25) is 0 Å². The number of hydrogen-bond donors (Lipinski definition) is 1. The summed E-state index contributed by atoms with van der Waals surface area (Å²) in [5, 5.41) is 8.20. The molecule has 2 aliphatic carbocycles. The standard InChI is InChI=1S/C34H37N7O/c1-34-22-26-23-37-41(30-8-5-13-36-24-30)32(26)21-28(34)10-9-27(34)20-31(25-6-3-2-4-7-25)38-33(42)40-18-16-39(17-19-40)29-11-14-35-15-12-29/h2-8,11-15,21,23-24,27,31H,9-10,16-20,22H2,1H3,(H,38,42). The van der Waals surface area contributed by atoms with Crippen molar-refractivity contribution in [1.29, 1.82) is 0 Å². The number of pyridine rings is 2. The largest absolute Gasteiger partial charge is 0.368 e. The summed E-state index contributed by atoms with van der Waals surface area (Å²) >= 11 is 0. The maximum atomic E-state index is 13.6. The van der Waals surface area contributed by atoms with E-state index in [1.807, 2.05) is 58.6 Å². The van der Waals surface area contributed by atoms with Gasteiger partial charge in [0.1, 0.15) is 0 Å². The number of amides is 2. The summed E-state index contributed by atoms with van der Waals surface area (Å²) in [6, 6.07) is 18.5. The number of urea groups is 1. The molecule has 3 unspecified atom stereocenters. The van der Waals surface area contributed by atoms with Crippen molar-refractivity contribution in [2.24, 2.45) is 11.3 Å². The lowest BCUT2D eigenvalue weighted by Gasteiger charge is -2.39. The molecule has 7 rings (SSSR count). The number of piperazine rings is 1. The predicted octanol–water partition coefficient (Wildman–Crippen LogP) is 5.68. The van der Waals surface area contributed by atoms with Gasteiger partial charge in [0.25, 0.3) is 0 Å². The average molecular weight is 560 g/mol. The third-order valence-electron chi connectivity index (χ3n) is 9.66. The van der Waals surface area contributed by atoms with Gasteiger partial charge in [-0.25, -0.2) is 9.48 Å². The van der Waals surface area contributed by atoms with Crippen molar-refractivity contribution in [2.75, 3.05) is 31.1 Å². The SMILES string of the molecule is CC12Cc3cnn(-c4cccnc4)c3C=C1CCC2CC(NC(=O)N1CCN(c2ccncc2)CC1)c1ccccc1. The van der Waals surface area contributed by atoms with Gasteiger partial charge < -0.3 is 15.1 Å². The van der Waals surface area contributed by atoms with Gasteiger partial charge >= 0.3 is 6.03 Å². The minimum Gasteiger partial charge on any atom is -0.368 e. The van der Waals surface area contributed by atoms with Gasteiger partial charge in [-0.3, -0.25) is 9.97 Å². The summed E-state index contributed by atoms with van der Waals surface area (Å²) in [5.74, 6) is 0.452. The highest BCUT2D eigenvalue weighted by Gasteiger charge is 2.46. The van der Waals surface area contributed by atoms with E-state index in [2.05, 4.69) is 63.5 Å². The molecule has 1 saturated carbocycles. The van der Waals surface area contributed by atoms with Crippen LogP contribution in [0.2, 0.25) is 0 Å². The molecule has 42 heavy (non-hydrogen) atoms. The quantitative estimate of drug-likeness (QED) is 0.329. The van der Waals surface area contributed by atoms with Crippen LogP contribution < -0.4 is 10.2 Å². The van der Waals surface area contributed by atoms with Crippen LogP contribution in [0, 0.1) is 11.3 Å². The Labute approximate surface area is 247 Å². The minimum absolute atomic E-state index is 0.0285. The van der Waals surface area contributed by atoms with Crippen molar-refractivity contribution in [2.45, 2.75) is 38.6 Å². The molecule has 3 atom stereocenters. The number of rotatable bonds is 6. The van der Waals surface area contributed by atoms with E-state index in [4.69, 9.17) is 5.10 Å². The number of aromatic nitrogens is 4. The molecule has 1 N–H and O–H groups in total. The van der Waals surface area contributed by atoms with Gasteiger partial charge in [-0.15, -0.1) is 0 Å². The Kier molecular flexibility index (Phi) is 6.98. The summed E-state index contributed by atoms with van der Waals surface area (Å²) in [6.45, 7) is 5.46. The van der Waals surface area contributed by atoms with E-state index in [1.54, 1.807) is 6.20 Å². The summed E-state index contributed by atoms with van der Waals surface area (Å²) in [5.41, 5.74) is 7.32. The first kappa shape index (κ1) is 26.4. The summed E-state index contributed by atoms with van der Waals surface area (Å²) in [4.78, 5) is 26.3. The van der Waals surface area contributed by atoms with Crippen LogP contribution in [-0.2, 0) is 6.42 Å². The summed E-state index contributed by atoms with van der Waals surface area (Å²) in [6.07, 6.45) is 15.8. The van der Waals surface area contributed by atoms with Gasteiger partial charge in [-0.05, 0) is 78.5 Å². The van der Waals surface area contributed by atoms with Crippen molar-refractivity contribution >= 4 is 17.8 Å². The number of benzene rings is 1. The molecule has 1 aromatic carbocycles. The number of fused-ring (bicyclic) bond motifs is 2. The van der Waals surface area contributed by atoms with Crippen LogP contribution in [0.4, 0.5) is 10.5 Å². The van der Waals surface area contributed by atoms with E-state index in [-0.39, 0.29) is 17.5 Å². The fraction of sp³-hybridized carbons (Fsp3) is 0.353. The smallest absolute Gasteiger partial charge is 0.318 e. The second-order valence-electron chi connectivity index (χ2n) is 12.0. The molecule has 4 aromatic rings. The maximum absolute atomic E-state index is 13.6. The van der Waals surface area contributed by atoms with Crippen LogP contribution in [0.1, 0.15) is 49.0 Å². The number of carbonyl (C=O) groups is 1. The molecule has 2 amide bonds. The van der Waals surface area contributed by atoms with Gasteiger partial charge in [-0.1, -0.05) is 42.8 Å². The molecule has 3 aliphatic rings. The number of carbonyl (C=O) groups excluding carboxylic acids is 1. The zero-order chi connectivity index (χ0) is 28.5. The van der Waals surface area contributed by atoms with Gasteiger partial charge in [0, 0.05) is 50.5 Å². The number of anilines is 1. The zero-order valence-electron chi connectivity index (χ0n) is 24.1. The highest BCUT2D eigenvalue weighted by molar-refractivity contribution is 5.75. The van der Waals surface area contributed by atoms with Crippen LogP contribution in [0.3, 0.4) is 0 Å². The van der Waals surface area contributed by atoms with E-state index < -0.39 is 0 Å². The molecular formula is C34H37N7O. The molecule has 1 aliphatic heterocycles. The Bertz CT molecular complexity index is 1560. The van der Waals surface area contributed by atoms with E-state index >= 15 is 0 Å². The Balaban J connectivity index is 1.07. The molecule has 214 valence electrons. The van der Waals surface area contributed by atoms with Gasteiger partial charge in [-0.2, -0.15) is 5.10 Å². The Morgan fingerprint density at radius 3 is 2.52 bits per heavy atom. The monoisotopic (exact) mass is 559 g/mol. The lowest BCUT2D eigenvalue weighted by Crippen LogP contribution is -2.52. The first-order valence-corrected chi connectivity index (χ1v) is 15.0. The average Bonchev–Trinajstić information content (AvgIpc) is 3.60. The molecule has 0 radical (unpaired) electrons. The van der Waals surface area contributed by atoms with Crippen LogP contribution in [-0.4, -0.2) is 56.9 Å². The predicted molar refractivity (Wildman–Crippen MR) is 164 cm³/mol. The Morgan fingerprint density at radius 1 is 0.952 bits per heavy atom. The minimum atomic E-state index is -0.0439. The molecule has 1 saturated heterocycles. The molecular weight excluding hydrogens is 522 g/mol. The topological polar surface area (TPSA) is 79.2 Å². The van der Waals surface area contributed by atoms with Crippen LogP contribution in [0.5, 0.6) is 0 Å². The fourth-order valence-electron chi connectivity index (χ4n) is 7.21. The first-order valence-electron chi connectivity index (χ1n) is 15.0. The molecule has 4 heterocycles. The summed E-state index contributed by atoms with van der Waals surface area (Å²) < 4.78 is 2.02. The molecule has 8 heteroatoms. The van der Waals surface area contributed by atoms with Crippen LogP contribution in [0.25, 0.3) is 11.8 Å². The Hall–Kier alpha value is -4.46. The number of hydrogen-bond acceptors (Lipinski definition) is 5. The van der Waals surface area contributed by atoms with Crippen LogP contribution >= 0.6 is 0 Å². The lowest BCUT2D eigenvalue weighted by molar-refractivity contribution is 0.181. The van der Waals surface area contributed by atoms with Crippen LogP contribution in [0.15, 0.2) is 91.2 Å². The van der Waals surface area contributed by atoms with E-state index in [0.29, 0.717) is 19.0 Å². The van der Waals surface area contributed by atoms with E-state index in [9.17, 15) is 4.79 Å². The highest BCUT2D eigenvalue weighted by Crippen LogP contribution is 2.55. The van der Waals surface area contributed by atoms with Crippen molar-refractivity contribution in [3.63, 3.8) is 0 Å². The number of allylic oxidation sites excluding steroid dienone is 1. The van der Waals surface area contributed by atoms with Crippen molar-refractivity contribution < 1.29 is 4.79 Å². The first-order chi connectivity index (χ1) is 20.6. The summed E-state index contributed by atoms with van der Waals surface area (Å²) in [7, 11) is 0. The molecule has 3 aromatic heterocycles. The second kappa shape index (κ2) is 11.1. The maximum Gasteiger partial charge on any atom is 0.318 e. The fourth-order valence-corrected chi connectivity index (χ4v) is 7.21. The number of nitrogens with one attached hydrogen (secondary N) is 1. The third-order valence-corrected chi connectivity index (χ3v) is 9.66. The molecule has 0 spiro atoms. The van der Waals surface area contributed by atoms with Crippen molar-refractivity contribution in [3.8, 4) is 5.69 Å². The van der Waals surface area contributed by atoms with E-state index in [0.717, 1.165) is 50.1 Å². The van der Waals surface area contributed by atoms with Gasteiger partial charge in [0.15, 0.2) is 0 Å². The lowest BCUT2D eigenvalue weighted by atomic mass is 9.68. The normalized spacial score (nSPS) is 22.2. The molecule has 8 nitrogen and oxygen atoms in total. The molecule has 0 bridgehead atoms. The van der Waals surface area contributed by atoms with E-state index in [1.165, 1.54) is 22.4 Å². The number of nitrogens with zero attached hydrogens (tertiary/aromatic N) is 6. The molecule has 2 fully saturated rings. The van der Waals surface area contributed by atoms with Crippen molar-refractivity contribution in [3.05, 3.63) is 108 Å². The van der Waals surface area contributed by atoms with Crippen molar-refractivity contribution in [1.82, 2.24) is 30.0 Å². The third kappa shape index (κ3) is 4.95. The zero-order valence-corrected chi connectivity index (χ0v) is 24.1. The second-order valence-corrected chi connectivity index (χ2v) is 12.0. The van der Waals surface area contributed by atoms with Gasteiger partial charge in [0.05, 0.1) is 29.8 Å². The Morgan fingerprint density at radius 2 is 1.76 bits per heavy atom. The highest BCUT2D eigenvalue weighted by atomic mass is 16.2.